The highest BCUT2D eigenvalue weighted by Gasteiger charge is 2.40. The van der Waals surface area contributed by atoms with Gasteiger partial charge in [-0.25, -0.2) is 4.98 Å². The largest absolute Gasteiger partial charge is 0.481 e. The number of imidazole rings is 1. The number of nitrogens with zero attached hydrogens (tertiary/aromatic N) is 2. The van der Waals surface area contributed by atoms with Crippen LogP contribution >= 0.6 is 11.8 Å². The van der Waals surface area contributed by atoms with Crippen molar-refractivity contribution < 1.29 is 82.4 Å². The average molecular weight is 1440 g/mol. The van der Waals surface area contributed by atoms with Crippen LogP contribution in [0.1, 0.15) is 144 Å². The van der Waals surface area contributed by atoms with Crippen LogP contribution in [-0.4, -0.2) is 211 Å². The normalized spacial score (nSPS) is 23.8. The van der Waals surface area contributed by atoms with Gasteiger partial charge >= 0.3 is 11.9 Å². The number of hydrogen-bond donors (Lipinski definition) is 18. The summed E-state index contributed by atoms with van der Waals surface area (Å²) in [6.07, 6.45) is -2.45. The van der Waals surface area contributed by atoms with E-state index in [-0.39, 0.29) is 74.8 Å². The predicted octanol–water partition coefficient (Wildman–Crippen LogP) is -2.71. The standard InChI is InChI=1S/C66H103N17O17S/c1-9-34(6)52(69)66-81-48(31-101-66)63(98)76-43(24-33(4)5)59(94)74-42(21-22-50(86)87)58(93)83-53(35(7)10-2)64(99)75-41-20-19-39(84)30-71-55(90)46(27-49(68)85)78-62(97)47(28-51(88)89)79-61(96)45(26-38-29-70-32-72-38)77-60(95)44(25-37-16-13-12-14-17-37)80-65(100)54(36(8)11-3)82-57(92)40(18-15-23-67)73-56(41)91/h12-14,16-17,29,32-36,39-48,52-54,84H,9-11,15,18-28,30-31,67,69H2,1-8H3,(H2,68,85)(H,70,72)(H,71,90)(H,73,91)(H,74,94)(H,75,99)(H,76,98)(H,77,95)(H,78,97)(H,79,96)(H,80,100)(H,82,92)(H,83,93)(H,86,87)(H,88,89)/t34-,35-,36-,39?,40+,41-,42+,43-,44+,45-,46-,47+,48-,52-,53-,54-/m0/s1. The minimum atomic E-state index is -2.00. The summed E-state index contributed by atoms with van der Waals surface area (Å²) in [5.74, 6) is -16.3. The zero-order chi connectivity index (χ0) is 75.2. The van der Waals surface area contributed by atoms with E-state index in [1.165, 1.54) is 24.3 Å². The molecule has 16 atom stereocenters. The Bertz CT molecular complexity index is 3200. The lowest BCUT2D eigenvalue weighted by Crippen LogP contribution is -2.62. The number of aromatic nitrogens is 2. The van der Waals surface area contributed by atoms with E-state index in [2.05, 4.69) is 73.4 Å². The Morgan fingerprint density at radius 1 is 0.663 bits per heavy atom. The van der Waals surface area contributed by atoms with E-state index in [4.69, 9.17) is 17.2 Å². The molecule has 34 nitrogen and oxygen atoms in total. The maximum absolute atomic E-state index is 14.9. The SMILES string of the molecule is CC[C@H](C)[C@H](N)C1=N[C@H](C(=O)N[C@@H](CC(C)C)C(=O)N[C@H](CCC(=O)O)C(=O)N[C@H](C(=O)N[C@H]2CCC(O)CNC(=O)[C@H](CC(N)=O)NC(=O)[C@@H](CC(=O)O)NC(=O)[C@H](Cc3cnc[nH]3)NC(=O)[C@@H](Cc3ccccc3)NC(=O)[C@H]([C@@H](C)CC)NC(=O)[C@@H](CCCN)NC2=O)[C@@H](C)CC)CS1. The van der Waals surface area contributed by atoms with Gasteiger partial charge in [-0.3, -0.25) is 72.1 Å². The molecule has 12 amide bonds. The van der Waals surface area contributed by atoms with Crippen LogP contribution in [0.25, 0.3) is 0 Å². The van der Waals surface area contributed by atoms with Crippen molar-refractivity contribution in [2.45, 2.75) is 224 Å². The number of primary amides is 1. The number of aliphatic hydroxyl groups excluding tert-OH is 1. The second-order valence-corrected chi connectivity index (χ2v) is 27.2. The Morgan fingerprint density at radius 2 is 1.26 bits per heavy atom. The number of nitrogens with one attached hydrogen (secondary N) is 12. The Labute approximate surface area is 590 Å². The van der Waals surface area contributed by atoms with Crippen LogP contribution in [0.15, 0.2) is 47.8 Å². The number of benzene rings is 1. The molecule has 21 N–H and O–H groups in total. The molecule has 0 bridgehead atoms. The number of rotatable bonds is 31. The lowest BCUT2D eigenvalue weighted by molar-refractivity contribution is -0.142. The van der Waals surface area contributed by atoms with Crippen molar-refractivity contribution in [3.05, 3.63) is 54.1 Å². The quantitative estimate of drug-likeness (QED) is 0.0365. The van der Waals surface area contributed by atoms with Crippen molar-refractivity contribution >= 4 is 99.6 Å². The summed E-state index contributed by atoms with van der Waals surface area (Å²) >= 11 is 1.34. The molecule has 101 heavy (non-hydrogen) atoms. The molecular formula is C66H103N17O17S. The number of hydrogen-bond acceptors (Lipinski definition) is 20. The van der Waals surface area contributed by atoms with Crippen LogP contribution < -0.4 is 75.7 Å². The van der Waals surface area contributed by atoms with Crippen LogP contribution in [0, 0.1) is 23.7 Å². The molecule has 0 aliphatic carbocycles. The van der Waals surface area contributed by atoms with Gasteiger partial charge in [0.25, 0.3) is 0 Å². The lowest BCUT2D eigenvalue weighted by Gasteiger charge is -2.31. The summed E-state index contributed by atoms with van der Waals surface area (Å²) in [6, 6.07) is -9.07. The number of aliphatic hydroxyl groups is 1. The Morgan fingerprint density at radius 3 is 1.84 bits per heavy atom. The van der Waals surface area contributed by atoms with Gasteiger partial charge in [0, 0.05) is 43.5 Å². The van der Waals surface area contributed by atoms with Crippen molar-refractivity contribution in [3.63, 3.8) is 0 Å². The topological polar surface area (TPSA) is 551 Å². The number of carboxylic acids is 2. The molecule has 2 aromatic rings. The van der Waals surface area contributed by atoms with Crippen molar-refractivity contribution in [1.82, 2.24) is 68.5 Å². The van der Waals surface area contributed by atoms with Crippen LogP contribution in [-0.2, 0) is 80.0 Å². The number of aliphatic imine (C=N–C) groups is 1. The summed E-state index contributed by atoms with van der Waals surface area (Å²) in [6.45, 7) is 13.5. The minimum absolute atomic E-state index is 0.00611. The number of aliphatic carboxylic acids is 2. The molecule has 0 saturated carbocycles. The van der Waals surface area contributed by atoms with Gasteiger partial charge in [0.15, 0.2) is 0 Å². The molecule has 2 aliphatic heterocycles. The van der Waals surface area contributed by atoms with Gasteiger partial charge in [-0.15, -0.1) is 11.8 Å². The maximum Gasteiger partial charge on any atom is 0.305 e. The maximum atomic E-state index is 14.9. The first kappa shape index (κ1) is 84.3. The molecule has 1 aromatic carbocycles. The van der Waals surface area contributed by atoms with Gasteiger partial charge < -0.3 is 96.0 Å². The number of carbonyl (C=O) groups excluding carboxylic acids is 12. The van der Waals surface area contributed by atoms with Crippen molar-refractivity contribution in [1.29, 1.82) is 0 Å². The van der Waals surface area contributed by atoms with E-state index in [1.54, 1.807) is 71.9 Å². The molecule has 1 aromatic heterocycles. The highest BCUT2D eigenvalue weighted by molar-refractivity contribution is 8.14. The first-order valence-electron chi connectivity index (χ1n) is 34.2. The lowest BCUT2D eigenvalue weighted by atomic mass is 9.96. The third-order valence-electron chi connectivity index (χ3n) is 17.6. The molecule has 1 fully saturated rings. The van der Waals surface area contributed by atoms with E-state index >= 15 is 0 Å². The molecule has 0 radical (unpaired) electrons. The Hall–Kier alpha value is -9.09. The highest BCUT2D eigenvalue weighted by Crippen LogP contribution is 2.25. The van der Waals surface area contributed by atoms with Crippen LogP contribution in [0.3, 0.4) is 0 Å². The number of amides is 12. The van der Waals surface area contributed by atoms with Crippen LogP contribution in [0.2, 0.25) is 0 Å². The van der Waals surface area contributed by atoms with E-state index in [0.29, 0.717) is 10.6 Å². The van der Waals surface area contributed by atoms with Crippen LogP contribution in [0.4, 0.5) is 0 Å². The second kappa shape index (κ2) is 42.2. The third-order valence-corrected chi connectivity index (χ3v) is 18.7. The molecule has 1 unspecified atom stereocenters. The van der Waals surface area contributed by atoms with E-state index in [9.17, 15) is 82.4 Å². The van der Waals surface area contributed by atoms with Crippen LogP contribution in [0.5, 0.6) is 0 Å². The first-order valence-corrected chi connectivity index (χ1v) is 35.2. The molecule has 3 heterocycles. The fourth-order valence-corrected chi connectivity index (χ4v) is 12.0. The number of aromatic amines is 1. The predicted molar refractivity (Wildman–Crippen MR) is 371 cm³/mol. The van der Waals surface area contributed by atoms with Crippen molar-refractivity contribution in [2.24, 2.45) is 45.9 Å². The monoisotopic (exact) mass is 1440 g/mol. The van der Waals surface area contributed by atoms with Gasteiger partial charge in [-0.2, -0.15) is 0 Å². The number of thioether (sulfide) groups is 1. The fourth-order valence-electron chi connectivity index (χ4n) is 10.9. The number of nitrogens with two attached hydrogens (primary N) is 3. The highest BCUT2D eigenvalue weighted by atomic mass is 32.2. The van der Waals surface area contributed by atoms with Gasteiger partial charge in [0.05, 0.1) is 36.4 Å². The van der Waals surface area contributed by atoms with Gasteiger partial charge in [0.1, 0.15) is 66.5 Å². The number of H-pyrrole nitrogens is 1. The number of carbonyl (C=O) groups is 14. The molecule has 4 rings (SSSR count). The third kappa shape index (κ3) is 28.1. The zero-order valence-corrected chi connectivity index (χ0v) is 59.3. The average Bonchev–Trinajstić information content (AvgIpc) is 1.73. The number of β-amino-alcohol motifs (C(OH)–C–C–N with tert-alkyl or cyclic N) is 1. The van der Waals surface area contributed by atoms with Gasteiger partial charge in [-0.1, -0.05) is 105 Å². The summed E-state index contributed by atoms with van der Waals surface area (Å²) in [5.41, 5.74) is 18.6. The summed E-state index contributed by atoms with van der Waals surface area (Å²) in [7, 11) is 0. The summed E-state index contributed by atoms with van der Waals surface area (Å²) in [4.78, 5) is 207. The van der Waals surface area contributed by atoms with Gasteiger partial charge in [0.2, 0.25) is 70.9 Å². The molecular weight excluding hydrogens is 1330 g/mol. The fraction of sp³-hybridized carbons (Fsp3) is 0.636. The number of carboxylic acid groups (broad SMARTS) is 2. The Kier molecular flexibility index (Phi) is 35.3. The molecule has 1 saturated heterocycles. The van der Waals surface area contributed by atoms with E-state index < -0.39 is 218 Å². The van der Waals surface area contributed by atoms with E-state index in [0.717, 1.165) is 6.42 Å². The molecule has 2 aliphatic rings. The summed E-state index contributed by atoms with van der Waals surface area (Å²) < 4.78 is 0. The zero-order valence-electron chi connectivity index (χ0n) is 58.5. The molecule has 35 heteroatoms. The van der Waals surface area contributed by atoms with Gasteiger partial charge in [-0.05, 0) is 74.3 Å². The van der Waals surface area contributed by atoms with Crippen molar-refractivity contribution in [3.8, 4) is 0 Å². The molecule has 560 valence electrons. The first-order chi connectivity index (χ1) is 47.8. The van der Waals surface area contributed by atoms with E-state index in [1.807, 2.05) is 13.8 Å². The Balaban J connectivity index is 1.79. The minimum Gasteiger partial charge on any atom is -0.481 e. The molecule has 0 spiro atoms. The second-order valence-electron chi connectivity index (χ2n) is 26.1. The van der Waals surface area contributed by atoms with Crippen molar-refractivity contribution in [2.75, 3.05) is 18.8 Å². The summed E-state index contributed by atoms with van der Waals surface area (Å²) in [5, 5.41) is 59.9. The smallest absolute Gasteiger partial charge is 0.305 e.